The third-order valence-electron chi connectivity index (χ3n) is 3.56. The predicted octanol–water partition coefficient (Wildman–Crippen LogP) is 4.43. The van der Waals surface area contributed by atoms with Crippen molar-refractivity contribution in [3.05, 3.63) is 59.9 Å². The van der Waals surface area contributed by atoms with E-state index in [9.17, 15) is 8.78 Å². The summed E-state index contributed by atoms with van der Waals surface area (Å²) in [7, 11) is 1.26. The van der Waals surface area contributed by atoms with Crippen LogP contribution in [0, 0.1) is 11.6 Å². The van der Waals surface area contributed by atoms with Gasteiger partial charge in [0.05, 0.1) is 12.7 Å². The molecule has 1 N–H and O–H groups in total. The second kappa shape index (κ2) is 8.09. The van der Waals surface area contributed by atoms with E-state index in [1.54, 1.807) is 11.8 Å². The standard InChI is InChI=1S/C18H16F2N4OS/c1-25-16-13(6-7-14(19)15(16)20)17-21-10-22-18(24-17)23-12-5-3-4-11(8-12)9-26-2/h3-8,10H,9H2,1-2H3,(H,21,22,23,24). The topological polar surface area (TPSA) is 59.9 Å². The van der Waals surface area contributed by atoms with Crippen molar-refractivity contribution in [2.24, 2.45) is 0 Å². The van der Waals surface area contributed by atoms with Crippen LogP contribution in [0.25, 0.3) is 11.4 Å². The van der Waals surface area contributed by atoms with Crippen molar-refractivity contribution < 1.29 is 13.5 Å². The number of rotatable bonds is 6. The zero-order valence-corrected chi connectivity index (χ0v) is 15.0. The molecule has 3 rings (SSSR count). The number of benzene rings is 2. The molecule has 26 heavy (non-hydrogen) atoms. The molecule has 1 aromatic heterocycles. The second-order valence-electron chi connectivity index (χ2n) is 5.33. The summed E-state index contributed by atoms with van der Waals surface area (Å²) < 4.78 is 32.3. The molecule has 134 valence electrons. The van der Waals surface area contributed by atoms with Gasteiger partial charge >= 0.3 is 0 Å². The highest BCUT2D eigenvalue weighted by Crippen LogP contribution is 2.32. The minimum absolute atomic E-state index is 0.179. The number of halogens is 2. The van der Waals surface area contributed by atoms with Gasteiger partial charge in [0, 0.05) is 11.4 Å². The highest BCUT2D eigenvalue weighted by atomic mass is 32.2. The fraction of sp³-hybridized carbons (Fsp3) is 0.167. The third kappa shape index (κ3) is 3.91. The molecule has 2 aromatic carbocycles. The van der Waals surface area contributed by atoms with Gasteiger partial charge in [-0.1, -0.05) is 12.1 Å². The summed E-state index contributed by atoms with van der Waals surface area (Å²) in [5.41, 5.74) is 2.23. The van der Waals surface area contributed by atoms with Gasteiger partial charge in [-0.3, -0.25) is 0 Å². The lowest BCUT2D eigenvalue weighted by atomic mass is 10.1. The van der Waals surface area contributed by atoms with Crippen molar-refractivity contribution in [3.8, 4) is 17.1 Å². The van der Waals surface area contributed by atoms with Gasteiger partial charge in [0.2, 0.25) is 11.8 Å². The molecule has 0 saturated carbocycles. The molecule has 0 fully saturated rings. The van der Waals surface area contributed by atoms with Crippen molar-refractivity contribution in [1.29, 1.82) is 0 Å². The Kier molecular flexibility index (Phi) is 5.62. The summed E-state index contributed by atoms with van der Waals surface area (Å²) in [6, 6.07) is 10.2. The van der Waals surface area contributed by atoms with Crippen molar-refractivity contribution >= 4 is 23.4 Å². The van der Waals surface area contributed by atoms with Gasteiger partial charge in [0.25, 0.3) is 0 Å². The molecule has 0 aliphatic carbocycles. The van der Waals surface area contributed by atoms with E-state index < -0.39 is 11.6 Å². The van der Waals surface area contributed by atoms with Gasteiger partial charge in [0.1, 0.15) is 6.33 Å². The highest BCUT2D eigenvalue weighted by Gasteiger charge is 2.18. The summed E-state index contributed by atoms with van der Waals surface area (Å²) in [6.07, 6.45) is 3.34. The van der Waals surface area contributed by atoms with Crippen LogP contribution in [0.4, 0.5) is 20.4 Å². The SMILES string of the molecule is COc1c(-c2ncnc(Nc3cccc(CSC)c3)n2)ccc(F)c1F. The Morgan fingerprint density at radius 1 is 1.15 bits per heavy atom. The lowest BCUT2D eigenvalue weighted by Gasteiger charge is -2.10. The number of hydrogen-bond donors (Lipinski definition) is 1. The average molecular weight is 374 g/mol. The molecular weight excluding hydrogens is 358 g/mol. The van der Waals surface area contributed by atoms with Crippen LogP contribution < -0.4 is 10.1 Å². The van der Waals surface area contributed by atoms with E-state index >= 15 is 0 Å². The van der Waals surface area contributed by atoms with Crippen LogP contribution >= 0.6 is 11.8 Å². The fourth-order valence-electron chi connectivity index (χ4n) is 2.43. The Hall–Kier alpha value is -2.74. The van der Waals surface area contributed by atoms with E-state index in [1.807, 2.05) is 30.5 Å². The number of nitrogens with one attached hydrogen (secondary N) is 1. The van der Waals surface area contributed by atoms with Crippen LogP contribution in [0.3, 0.4) is 0 Å². The Bertz CT molecular complexity index is 923. The Balaban J connectivity index is 1.92. The smallest absolute Gasteiger partial charge is 0.230 e. The fourth-order valence-corrected chi connectivity index (χ4v) is 2.94. The number of hydrogen-bond acceptors (Lipinski definition) is 6. The largest absolute Gasteiger partial charge is 0.493 e. The number of thioether (sulfide) groups is 1. The number of aromatic nitrogens is 3. The molecule has 0 unspecified atom stereocenters. The van der Waals surface area contributed by atoms with Gasteiger partial charge in [-0.25, -0.2) is 14.4 Å². The molecule has 0 aliphatic rings. The average Bonchev–Trinajstić information content (AvgIpc) is 2.64. The Morgan fingerprint density at radius 3 is 2.77 bits per heavy atom. The zero-order chi connectivity index (χ0) is 18.5. The van der Waals surface area contributed by atoms with Crippen LogP contribution in [0.2, 0.25) is 0 Å². The molecule has 0 aliphatic heterocycles. The van der Waals surface area contributed by atoms with Crippen LogP contribution in [-0.2, 0) is 5.75 Å². The first kappa shape index (κ1) is 18.1. The van der Waals surface area contributed by atoms with Crippen molar-refractivity contribution in [2.75, 3.05) is 18.7 Å². The van der Waals surface area contributed by atoms with E-state index in [4.69, 9.17) is 4.74 Å². The molecule has 0 radical (unpaired) electrons. The molecule has 5 nitrogen and oxygen atoms in total. The van der Waals surface area contributed by atoms with Crippen LogP contribution in [0.5, 0.6) is 5.75 Å². The third-order valence-corrected chi connectivity index (χ3v) is 4.18. The zero-order valence-electron chi connectivity index (χ0n) is 14.2. The maximum Gasteiger partial charge on any atom is 0.230 e. The molecule has 1 heterocycles. The van der Waals surface area contributed by atoms with Gasteiger partial charge < -0.3 is 10.1 Å². The molecule has 0 amide bonds. The molecular formula is C18H16F2N4OS. The van der Waals surface area contributed by atoms with Crippen molar-refractivity contribution in [2.45, 2.75) is 5.75 Å². The summed E-state index contributed by atoms with van der Waals surface area (Å²) in [4.78, 5) is 12.4. The number of anilines is 2. The molecule has 0 spiro atoms. The van der Waals surface area contributed by atoms with Gasteiger partial charge in [0.15, 0.2) is 17.4 Å². The van der Waals surface area contributed by atoms with E-state index in [0.717, 1.165) is 17.5 Å². The highest BCUT2D eigenvalue weighted by molar-refractivity contribution is 7.97. The molecule has 0 saturated heterocycles. The lowest BCUT2D eigenvalue weighted by Crippen LogP contribution is -2.02. The quantitative estimate of drug-likeness (QED) is 0.689. The summed E-state index contributed by atoms with van der Waals surface area (Å²) >= 11 is 1.73. The summed E-state index contributed by atoms with van der Waals surface area (Å²) in [5.74, 6) is -0.955. The minimum atomic E-state index is -1.08. The van der Waals surface area contributed by atoms with Gasteiger partial charge in [-0.2, -0.15) is 21.1 Å². The van der Waals surface area contributed by atoms with Gasteiger partial charge in [-0.15, -0.1) is 0 Å². The normalized spacial score (nSPS) is 10.6. The molecule has 0 atom stereocenters. The maximum absolute atomic E-state index is 13.9. The van der Waals surface area contributed by atoms with E-state index in [0.29, 0.717) is 5.95 Å². The lowest BCUT2D eigenvalue weighted by molar-refractivity contribution is 0.373. The number of nitrogens with zero attached hydrogens (tertiary/aromatic N) is 3. The van der Waals surface area contributed by atoms with Crippen LogP contribution in [0.1, 0.15) is 5.56 Å². The van der Waals surface area contributed by atoms with Crippen LogP contribution in [-0.4, -0.2) is 28.3 Å². The predicted molar refractivity (Wildman–Crippen MR) is 98.7 cm³/mol. The van der Waals surface area contributed by atoms with Crippen molar-refractivity contribution in [1.82, 2.24) is 15.0 Å². The summed E-state index contributed by atoms with van der Waals surface area (Å²) in [5, 5.41) is 3.10. The first-order chi connectivity index (χ1) is 12.6. The molecule has 0 bridgehead atoms. The Labute approximate surface area is 153 Å². The van der Waals surface area contributed by atoms with E-state index in [-0.39, 0.29) is 17.1 Å². The molecule has 8 heteroatoms. The van der Waals surface area contributed by atoms with E-state index in [1.165, 1.54) is 25.1 Å². The number of methoxy groups -OCH3 is 1. The first-order valence-corrected chi connectivity index (χ1v) is 9.08. The monoisotopic (exact) mass is 374 g/mol. The Morgan fingerprint density at radius 2 is 2.00 bits per heavy atom. The minimum Gasteiger partial charge on any atom is -0.493 e. The van der Waals surface area contributed by atoms with Crippen LogP contribution in [0.15, 0.2) is 42.7 Å². The van der Waals surface area contributed by atoms with Crippen molar-refractivity contribution in [3.63, 3.8) is 0 Å². The second-order valence-corrected chi connectivity index (χ2v) is 6.20. The summed E-state index contributed by atoms with van der Waals surface area (Å²) in [6.45, 7) is 0. The maximum atomic E-state index is 13.9. The number of ether oxygens (including phenoxy) is 1. The first-order valence-electron chi connectivity index (χ1n) is 7.68. The van der Waals surface area contributed by atoms with E-state index in [2.05, 4.69) is 20.3 Å². The van der Waals surface area contributed by atoms with Gasteiger partial charge in [-0.05, 0) is 36.1 Å². The molecule has 3 aromatic rings.